The number of aromatic nitrogens is 4. The van der Waals surface area contributed by atoms with Crippen molar-refractivity contribution in [2.45, 2.75) is 13.5 Å². The zero-order valence-electron chi connectivity index (χ0n) is 15.8. The van der Waals surface area contributed by atoms with Gasteiger partial charge in [0.1, 0.15) is 12.4 Å². The quantitative estimate of drug-likeness (QED) is 0.414. The molecule has 3 rings (SSSR count). The molecular weight excluding hydrogens is 380 g/mol. The first-order valence-corrected chi connectivity index (χ1v) is 8.48. The Morgan fingerprint density at radius 3 is 2.59 bits per heavy atom. The highest BCUT2D eigenvalue weighted by Gasteiger charge is 2.12. The van der Waals surface area contributed by atoms with E-state index in [-0.39, 0.29) is 11.5 Å². The van der Waals surface area contributed by atoms with Crippen LogP contribution in [0.25, 0.3) is 5.95 Å². The second-order valence-corrected chi connectivity index (χ2v) is 5.72. The van der Waals surface area contributed by atoms with Gasteiger partial charge in [-0.1, -0.05) is 12.1 Å². The van der Waals surface area contributed by atoms with Gasteiger partial charge in [-0.15, -0.1) is 0 Å². The molecule has 150 valence electrons. The third-order valence-electron chi connectivity index (χ3n) is 3.63. The summed E-state index contributed by atoms with van der Waals surface area (Å²) < 4.78 is 21.5. The molecule has 0 atom stereocenters. The Kier molecular flexibility index (Phi) is 6.36. The number of nitrogens with zero attached hydrogens (tertiary/aromatic N) is 4. The van der Waals surface area contributed by atoms with Gasteiger partial charge in [0.15, 0.2) is 5.75 Å². The van der Waals surface area contributed by atoms with E-state index < -0.39 is 18.7 Å². The minimum absolute atomic E-state index is 0.166. The van der Waals surface area contributed by atoms with E-state index in [9.17, 15) is 9.59 Å². The molecule has 0 N–H and O–H groups in total. The van der Waals surface area contributed by atoms with Crippen LogP contribution in [0.2, 0.25) is 0 Å². The van der Waals surface area contributed by atoms with E-state index in [0.29, 0.717) is 12.4 Å². The molecule has 0 saturated heterocycles. The summed E-state index contributed by atoms with van der Waals surface area (Å²) in [6, 6.07) is 7.53. The number of hydrogen-bond donors (Lipinski definition) is 0. The first kappa shape index (κ1) is 19.8. The predicted molar refractivity (Wildman–Crippen MR) is 98.5 cm³/mol. The zero-order chi connectivity index (χ0) is 20.6. The molecule has 0 spiro atoms. The van der Waals surface area contributed by atoms with Gasteiger partial charge in [-0.2, -0.15) is 5.10 Å². The highest BCUT2D eigenvalue weighted by molar-refractivity contribution is 5.88. The van der Waals surface area contributed by atoms with E-state index in [4.69, 9.17) is 14.2 Å². The zero-order valence-corrected chi connectivity index (χ0v) is 15.8. The summed E-state index contributed by atoms with van der Waals surface area (Å²) in [4.78, 5) is 30.9. The van der Waals surface area contributed by atoms with Crippen LogP contribution in [0, 0.1) is 0 Å². The van der Waals surface area contributed by atoms with Gasteiger partial charge in [-0.3, -0.25) is 4.79 Å². The number of esters is 2. The standard InChI is InChI=1S/C19H18N4O6/c1-13(24)28-12-29-18(25)15-7-22-23(10-15)19-20-8-17(9-21-19)27-11-14-4-3-5-16(6-14)26-2/h3-10H,11-12H2,1-2H3. The molecule has 0 amide bonds. The Labute approximate surface area is 166 Å². The van der Waals surface area contributed by atoms with Crippen LogP contribution in [-0.2, 0) is 20.9 Å². The molecule has 0 fully saturated rings. The molecule has 0 unspecified atom stereocenters. The summed E-state index contributed by atoms with van der Waals surface area (Å²) >= 11 is 0. The van der Waals surface area contributed by atoms with Gasteiger partial charge in [-0.25, -0.2) is 19.4 Å². The van der Waals surface area contributed by atoms with E-state index in [1.165, 1.54) is 36.4 Å². The first-order valence-electron chi connectivity index (χ1n) is 8.48. The lowest BCUT2D eigenvalue weighted by atomic mass is 10.2. The Balaban J connectivity index is 1.58. The van der Waals surface area contributed by atoms with Crippen LogP contribution in [-0.4, -0.2) is 45.6 Å². The summed E-state index contributed by atoms with van der Waals surface area (Å²) in [6.07, 6.45) is 5.71. The topological polar surface area (TPSA) is 115 Å². The number of methoxy groups -OCH3 is 1. The van der Waals surface area contributed by atoms with Gasteiger partial charge >= 0.3 is 11.9 Å². The van der Waals surface area contributed by atoms with Crippen molar-refractivity contribution in [3.05, 3.63) is 60.2 Å². The monoisotopic (exact) mass is 398 g/mol. The third kappa shape index (κ3) is 5.51. The van der Waals surface area contributed by atoms with Crippen molar-refractivity contribution in [3.63, 3.8) is 0 Å². The molecule has 0 aliphatic rings. The fourth-order valence-corrected chi connectivity index (χ4v) is 2.22. The predicted octanol–water partition coefficient (Wildman–Crippen LogP) is 1.93. The highest BCUT2D eigenvalue weighted by atomic mass is 16.7. The number of ether oxygens (including phenoxy) is 4. The SMILES string of the molecule is COc1cccc(COc2cnc(-n3cc(C(=O)OCOC(C)=O)cn3)nc2)c1. The molecule has 1 aromatic carbocycles. The molecule has 3 aromatic rings. The maximum atomic E-state index is 11.9. The van der Waals surface area contributed by atoms with Crippen molar-refractivity contribution >= 4 is 11.9 Å². The number of benzene rings is 1. The van der Waals surface area contributed by atoms with Crippen molar-refractivity contribution < 1.29 is 28.5 Å². The summed E-state index contributed by atoms with van der Waals surface area (Å²) in [5.41, 5.74) is 1.11. The highest BCUT2D eigenvalue weighted by Crippen LogP contribution is 2.16. The van der Waals surface area contributed by atoms with Crippen LogP contribution in [0.5, 0.6) is 11.5 Å². The van der Waals surface area contributed by atoms with Gasteiger partial charge in [0.25, 0.3) is 5.95 Å². The Bertz CT molecular complexity index is 986. The molecule has 0 aliphatic heterocycles. The average molecular weight is 398 g/mol. The second kappa shape index (κ2) is 9.31. The van der Waals surface area contributed by atoms with Gasteiger partial charge in [-0.05, 0) is 17.7 Å². The van der Waals surface area contributed by atoms with Crippen molar-refractivity contribution in [1.29, 1.82) is 0 Å². The Morgan fingerprint density at radius 2 is 1.86 bits per heavy atom. The number of carbonyl (C=O) groups excluding carboxylic acids is 2. The average Bonchev–Trinajstić information content (AvgIpc) is 3.23. The number of carbonyl (C=O) groups is 2. The van der Waals surface area contributed by atoms with E-state index in [0.717, 1.165) is 11.3 Å². The first-order chi connectivity index (χ1) is 14.0. The Hall–Kier alpha value is -3.95. The number of hydrogen-bond acceptors (Lipinski definition) is 9. The smallest absolute Gasteiger partial charge is 0.344 e. The van der Waals surface area contributed by atoms with E-state index in [1.807, 2.05) is 24.3 Å². The van der Waals surface area contributed by atoms with Gasteiger partial charge < -0.3 is 18.9 Å². The second-order valence-electron chi connectivity index (χ2n) is 5.72. The van der Waals surface area contributed by atoms with Crippen molar-refractivity contribution in [2.24, 2.45) is 0 Å². The van der Waals surface area contributed by atoms with Crippen LogP contribution in [0.3, 0.4) is 0 Å². The molecule has 0 bridgehead atoms. The van der Waals surface area contributed by atoms with Crippen molar-refractivity contribution in [1.82, 2.24) is 19.7 Å². The van der Waals surface area contributed by atoms with Crippen LogP contribution in [0.1, 0.15) is 22.8 Å². The van der Waals surface area contributed by atoms with E-state index >= 15 is 0 Å². The Morgan fingerprint density at radius 1 is 1.07 bits per heavy atom. The van der Waals surface area contributed by atoms with E-state index in [2.05, 4.69) is 19.8 Å². The largest absolute Gasteiger partial charge is 0.497 e. The summed E-state index contributed by atoms with van der Waals surface area (Å²) in [6.45, 7) is 1.09. The van der Waals surface area contributed by atoms with Gasteiger partial charge in [0, 0.05) is 13.1 Å². The molecular formula is C19H18N4O6. The third-order valence-corrected chi connectivity index (χ3v) is 3.63. The normalized spacial score (nSPS) is 10.3. The number of rotatable bonds is 8. The molecule has 0 radical (unpaired) electrons. The fourth-order valence-electron chi connectivity index (χ4n) is 2.22. The van der Waals surface area contributed by atoms with Crippen LogP contribution < -0.4 is 9.47 Å². The molecule has 10 nitrogen and oxygen atoms in total. The summed E-state index contributed by atoms with van der Waals surface area (Å²) in [7, 11) is 1.60. The van der Waals surface area contributed by atoms with Gasteiger partial charge in [0.05, 0.1) is 31.3 Å². The van der Waals surface area contributed by atoms with Crippen LogP contribution in [0.4, 0.5) is 0 Å². The minimum atomic E-state index is -0.684. The fraction of sp³-hybridized carbons (Fsp3) is 0.211. The van der Waals surface area contributed by atoms with Gasteiger partial charge in [0.2, 0.25) is 6.79 Å². The molecule has 2 heterocycles. The van der Waals surface area contributed by atoms with Crippen LogP contribution in [0.15, 0.2) is 49.1 Å². The van der Waals surface area contributed by atoms with E-state index in [1.54, 1.807) is 7.11 Å². The maximum absolute atomic E-state index is 11.9. The summed E-state index contributed by atoms with van der Waals surface area (Å²) in [5, 5.41) is 4.02. The maximum Gasteiger partial charge on any atom is 0.344 e. The lowest BCUT2D eigenvalue weighted by Gasteiger charge is -2.07. The minimum Gasteiger partial charge on any atom is -0.497 e. The molecule has 10 heteroatoms. The molecule has 0 saturated carbocycles. The van der Waals surface area contributed by atoms with Crippen molar-refractivity contribution in [3.8, 4) is 17.4 Å². The molecule has 29 heavy (non-hydrogen) atoms. The lowest BCUT2D eigenvalue weighted by Crippen LogP contribution is -2.10. The lowest BCUT2D eigenvalue weighted by molar-refractivity contribution is -0.149. The van der Waals surface area contributed by atoms with Crippen molar-refractivity contribution in [2.75, 3.05) is 13.9 Å². The van der Waals surface area contributed by atoms with Crippen LogP contribution >= 0.6 is 0 Å². The molecule has 2 aromatic heterocycles. The summed E-state index contributed by atoms with van der Waals surface area (Å²) in [5.74, 6) is 0.243. The molecule has 0 aliphatic carbocycles.